The zero-order valence-corrected chi connectivity index (χ0v) is 16.1. The van der Waals surface area contributed by atoms with Gasteiger partial charge in [0.2, 0.25) is 0 Å². The van der Waals surface area contributed by atoms with Crippen LogP contribution in [0.4, 0.5) is 4.39 Å². The second-order valence-electron chi connectivity index (χ2n) is 6.46. The molecule has 144 valence electrons. The van der Waals surface area contributed by atoms with Crippen molar-refractivity contribution < 1.29 is 18.8 Å². The summed E-state index contributed by atoms with van der Waals surface area (Å²) in [7, 11) is 0. The Morgan fingerprint density at radius 3 is 2.85 bits per heavy atom. The molecular weight excluding hydrogens is 365 g/mol. The van der Waals surface area contributed by atoms with E-state index in [-0.39, 0.29) is 11.7 Å². The Morgan fingerprint density at radius 2 is 2.04 bits per heavy atom. The van der Waals surface area contributed by atoms with E-state index in [1.807, 2.05) is 6.07 Å². The summed E-state index contributed by atoms with van der Waals surface area (Å²) in [6.45, 7) is 5.38. The summed E-state index contributed by atoms with van der Waals surface area (Å²) in [6, 6.07) is 10.2. The lowest BCUT2D eigenvalue weighted by Gasteiger charge is -2.23. The first-order valence-electron chi connectivity index (χ1n) is 9.25. The maximum atomic E-state index is 13.8. The highest BCUT2D eigenvalue weighted by Crippen LogP contribution is 2.25. The Balaban J connectivity index is 1.50. The molecule has 0 unspecified atom stereocenters. The van der Waals surface area contributed by atoms with Crippen molar-refractivity contribution in [3.63, 3.8) is 0 Å². The van der Waals surface area contributed by atoms with Gasteiger partial charge in [-0.2, -0.15) is 0 Å². The zero-order valence-electron chi connectivity index (χ0n) is 15.2. The third-order valence-corrected chi connectivity index (χ3v) is 5.58. The topological polar surface area (TPSA) is 55.7 Å². The minimum absolute atomic E-state index is 0.129. The molecule has 0 aliphatic carbocycles. The van der Waals surface area contributed by atoms with Gasteiger partial charge in [-0.05, 0) is 23.8 Å². The summed E-state index contributed by atoms with van der Waals surface area (Å²) in [4.78, 5) is 18.4. The Hall–Kier alpha value is -1.96. The normalized spacial score (nSPS) is 14.9. The van der Waals surface area contributed by atoms with Gasteiger partial charge in [-0.15, -0.1) is 11.8 Å². The van der Waals surface area contributed by atoms with Crippen LogP contribution in [0.15, 0.2) is 47.6 Å². The highest BCUT2D eigenvalue weighted by Gasteiger charge is 2.15. The van der Waals surface area contributed by atoms with E-state index in [1.165, 1.54) is 22.7 Å². The van der Waals surface area contributed by atoms with E-state index in [9.17, 15) is 9.18 Å². The lowest BCUT2D eigenvalue weighted by Crippen LogP contribution is -3.14. The maximum absolute atomic E-state index is 13.8. The maximum Gasteiger partial charge on any atom is 0.254 e. The van der Waals surface area contributed by atoms with Crippen LogP contribution in [0.3, 0.4) is 0 Å². The number of ether oxygens (including phenoxy) is 1. The molecule has 0 atom stereocenters. The average Bonchev–Trinajstić information content (AvgIpc) is 2.71. The minimum Gasteiger partial charge on any atom is -0.370 e. The fraction of sp³-hybridized carbons (Fsp3) is 0.400. The number of hydrogen-bond donors (Lipinski definition) is 2. The van der Waals surface area contributed by atoms with Crippen LogP contribution >= 0.6 is 11.8 Å². The van der Waals surface area contributed by atoms with Gasteiger partial charge in [-0.25, -0.2) is 9.37 Å². The standard InChI is InChI=1S/C20H24FN3O2S/c21-18-7-2-1-5-16(18)15-27-20-17(6-3-8-23-20)19(25)22-9-4-10-24-11-13-26-14-12-24/h1-3,5-8H,4,9-15H2,(H,22,25)/p+1. The van der Waals surface area contributed by atoms with Gasteiger partial charge in [0.05, 0.1) is 25.3 Å². The number of aromatic nitrogens is 1. The van der Waals surface area contributed by atoms with Crippen LogP contribution in [0, 0.1) is 5.82 Å². The molecule has 7 heteroatoms. The molecule has 1 aromatic carbocycles. The fourth-order valence-electron chi connectivity index (χ4n) is 2.99. The second-order valence-corrected chi connectivity index (χ2v) is 7.42. The molecule has 27 heavy (non-hydrogen) atoms. The molecule has 0 radical (unpaired) electrons. The number of carbonyl (C=O) groups excluding carboxylic acids is 1. The van der Waals surface area contributed by atoms with Crippen LogP contribution in [0.5, 0.6) is 0 Å². The average molecular weight is 391 g/mol. The van der Waals surface area contributed by atoms with E-state index in [0.717, 1.165) is 39.3 Å². The number of benzene rings is 1. The fourth-order valence-corrected chi connectivity index (χ4v) is 3.96. The highest BCUT2D eigenvalue weighted by atomic mass is 32.2. The highest BCUT2D eigenvalue weighted by molar-refractivity contribution is 7.98. The van der Waals surface area contributed by atoms with Gasteiger partial charge in [-0.1, -0.05) is 18.2 Å². The van der Waals surface area contributed by atoms with Gasteiger partial charge >= 0.3 is 0 Å². The predicted octanol–water partition coefficient (Wildman–Crippen LogP) is 1.55. The summed E-state index contributed by atoms with van der Waals surface area (Å²) in [5.41, 5.74) is 1.14. The van der Waals surface area contributed by atoms with Gasteiger partial charge in [0.1, 0.15) is 23.9 Å². The Morgan fingerprint density at radius 1 is 1.22 bits per heavy atom. The number of quaternary nitrogens is 1. The van der Waals surface area contributed by atoms with E-state index in [2.05, 4.69) is 10.3 Å². The molecule has 1 aliphatic heterocycles. The summed E-state index contributed by atoms with van der Waals surface area (Å²) in [6.07, 6.45) is 2.58. The summed E-state index contributed by atoms with van der Waals surface area (Å²) < 4.78 is 19.1. The molecule has 2 aromatic rings. The number of thioether (sulfide) groups is 1. The molecule has 0 spiro atoms. The number of hydrogen-bond acceptors (Lipinski definition) is 4. The van der Waals surface area contributed by atoms with Crippen LogP contribution in [0.1, 0.15) is 22.3 Å². The summed E-state index contributed by atoms with van der Waals surface area (Å²) in [5.74, 6) is 0.0679. The molecule has 1 saturated heterocycles. The van der Waals surface area contributed by atoms with Crippen LogP contribution in [0.2, 0.25) is 0 Å². The van der Waals surface area contributed by atoms with Crippen molar-refractivity contribution in [2.45, 2.75) is 17.2 Å². The summed E-state index contributed by atoms with van der Waals surface area (Å²) in [5, 5.41) is 3.60. The van der Waals surface area contributed by atoms with Crippen molar-refractivity contribution in [2.75, 3.05) is 39.4 Å². The van der Waals surface area contributed by atoms with Crippen molar-refractivity contribution in [1.82, 2.24) is 10.3 Å². The van der Waals surface area contributed by atoms with Crippen LogP contribution in [0.25, 0.3) is 0 Å². The van der Waals surface area contributed by atoms with Crippen molar-refractivity contribution >= 4 is 17.7 Å². The van der Waals surface area contributed by atoms with Crippen LogP contribution in [-0.2, 0) is 10.5 Å². The minimum atomic E-state index is -0.238. The van der Waals surface area contributed by atoms with Crippen molar-refractivity contribution in [1.29, 1.82) is 0 Å². The lowest BCUT2D eigenvalue weighted by molar-refractivity contribution is -0.908. The van der Waals surface area contributed by atoms with Gasteiger partial charge in [0.25, 0.3) is 5.91 Å². The Kier molecular flexibility index (Phi) is 7.62. The number of halogens is 1. The number of nitrogens with zero attached hydrogens (tertiary/aromatic N) is 1. The molecule has 5 nitrogen and oxygen atoms in total. The number of rotatable bonds is 8. The third kappa shape index (κ3) is 6.02. The molecule has 1 aromatic heterocycles. The molecule has 1 amide bonds. The number of carbonyl (C=O) groups is 1. The lowest BCUT2D eigenvalue weighted by atomic mass is 10.2. The number of morpholine rings is 1. The van der Waals surface area contributed by atoms with E-state index < -0.39 is 0 Å². The third-order valence-electron chi connectivity index (χ3n) is 4.53. The molecule has 2 N–H and O–H groups in total. The number of nitrogens with one attached hydrogen (secondary N) is 2. The van der Waals surface area contributed by atoms with Gasteiger partial charge in [0.15, 0.2) is 0 Å². The molecule has 0 bridgehead atoms. The van der Waals surface area contributed by atoms with Crippen LogP contribution < -0.4 is 10.2 Å². The van der Waals surface area contributed by atoms with E-state index >= 15 is 0 Å². The zero-order chi connectivity index (χ0) is 18.9. The van der Waals surface area contributed by atoms with Crippen LogP contribution in [-0.4, -0.2) is 50.3 Å². The van der Waals surface area contributed by atoms with E-state index in [4.69, 9.17) is 4.74 Å². The quantitative estimate of drug-likeness (QED) is 0.531. The molecule has 1 fully saturated rings. The molecule has 1 aliphatic rings. The number of amides is 1. The van der Waals surface area contributed by atoms with Gasteiger partial charge in [0, 0.05) is 24.9 Å². The van der Waals surface area contributed by atoms with Gasteiger partial charge < -0.3 is 15.0 Å². The first-order valence-corrected chi connectivity index (χ1v) is 10.2. The first kappa shape index (κ1) is 19.8. The first-order chi connectivity index (χ1) is 13.2. The monoisotopic (exact) mass is 390 g/mol. The van der Waals surface area contributed by atoms with Crippen molar-refractivity contribution in [3.8, 4) is 0 Å². The molecule has 2 heterocycles. The largest absolute Gasteiger partial charge is 0.370 e. The van der Waals surface area contributed by atoms with E-state index in [0.29, 0.717) is 28.5 Å². The Labute approximate surface area is 163 Å². The predicted molar refractivity (Wildman–Crippen MR) is 104 cm³/mol. The smallest absolute Gasteiger partial charge is 0.254 e. The SMILES string of the molecule is O=C(NCCC[NH+]1CCOCC1)c1cccnc1SCc1ccccc1F. The van der Waals surface area contributed by atoms with Crippen molar-refractivity contribution in [2.24, 2.45) is 0 Å². The summed E-state index contributed by atoms with van der Waals surface area (Å²) >= 11 is 1.37. The van der Waals surface area contributed by atoms with E-state index in [1.54, 1.807) is 30.5 Å². The number of pyridine rings is 1. The Bertz CT molecular complexity index is 754. The molecule has 3 rings (SSSR count). The van der Waals surface area contributed by atoms with Gasteiger partial charge in [-0.3, -0.25) is 4.79 Å². The molecular formula is C20H25FN3O2S+. The molecule has 0 saturated carbocycles. The van der Waals surface area contributed by atoms with Crippen molar-refractivity contribution in [3.05, 3.63) is 59.5 Å². The second kappa shape index (κ2) is 10.4.